The molecule has 1 amide bonds. The van der Waals surface area contributed by atoms with E-state index >= 15 is 0 Å². The Balaban J connectivity index is 2.04. The van der Waals surface area contributed by atoms with Crippen LogP contribution in [-0.4, -0.2) is 70.2 Å². The number of amides is 1. The smallest absolute Gasteiger partial charge is 0.237 e. The quantitative estimate of drug-likeness (QED) is 0.686. The Hall–Kier alpha value is -1.80. The average Bonchev–Trinajstić information content (AvgIpc) is 3.11. The van der Waals surface area contributed by atoms with Gasteiger partial charge in [-0.3, -0.25) is 4.79 Å². The largest absolute Gasteiger partial charge is 0.493 e. The van der Waals surface area contributed by atoms with Crippen molar-refractivity contribution in [1.29, 1.82) is 0 Å². The number of likely N-dealkylation sites (tertiary alicyclic amines) is 1. The van der Waals surface area contributed by atoms with Crippen LogP contribution in [0.3, 0.4) is 0 Å². The maximum absolute atomic E-state index is 12.3. The standard InChI is InChI=1S/C17H26N2O5S/c1-23-15-7-6-14(12-16(15)24-2)8-11-19(25(3,21)22)13-17(20)18-9-4-5-10-18/h6-7,12H,4-5,8-11,13H2,1-3H3. The number of benzene rings is 1. The molecule has 0 radical (unpaired) electrons. The molecule has 0 N–H and O–H groups in total. The SMILES string of the molecule is COc1ccc(CCN(CC(=O)N2CCCC2)S(C)(=O)=O)cc1OC. The Morgan fingerprint density at radius 2 is 1.80 bits per heavy atom. The average molecular weight is 370 g/mol. The van der Waals surface area contributed by atoms with E-state index in [-0.39, 0.29) is 19.0 Å². The Kier molecular flexibility index (Phi) is 6.66. The highest BCUT2D eigenvalue weighted by molar-refractivity contribution is 7.88. The van der Waals surface area contributed by atoms with Crippen molar-refractivity contribution in [3.63, 3.8) is 0 Å². The molecule has 8 heteroatoms. The van der Waals surface area contributed by atoms with Gasteiger partial charge < -0.3 is 14.4 Å². The maximum atomic E-state index is 12.3. The highest BCUT2D eigenvalue weighted by Gasteiger charge is 2.25. The molecule has 0 saturated carbocycles. The lowest BCUT2D eigenvalue weighted by atomic mass is 10.1. The normalized spacial score (nSPS) is 14.8. The predicted octanol–water partition coefficient (Wildman–Crippen LogP) is 1.13. The molecule has 1 aromatic carbocycles. The zero-order chi connectivity index (χ0) is 18.4. The van der Waals surface area contributed by atoms with Crippen LogP contribution in [0.25, 0.3) is 0 Å². The molecule has 1 saturated heterocycles. The number of sulfonamides is 1. The number of hydrogen-bond acceptors (Lipinski definition) is 5. The van der Waals surface area contributed by atoms with Gasteiger partial charge in [0.1, 0.15) is 0 Å². The summed E-state index contributed by atoms with van der Waals surface area (Å²) in [5.41, 5.74) is 0.917. The van der Waals surface area contributed by atoms with Crippen LogP contribution in [0, 0.1) is 0 Å². The second kappa shape index (κ2) is 8.53. The molecule has 0 bridgehead atoms. The molecule has 1 heterocycles. The van der Waals surface area contributed by atoms with Gasteiger partial charge in [0.15, 0.2) is 11.5 Å². The highest BCUT2D eigenvalue weighted by Crippen LogP contribution is 2.27. The summed E-state index contributed by atoms with van der Waals surface area (Å²) in [4.78, 5) is 14.0. The van der Waals surface area contributed by atoms with Crippen molar-refractivity contribution in [3.05, 3.63) is 23.8 Å². The Morgan fingerprint density at radius 1 is 1.16 bits per heavy atom. The molecule has 0 aliphatic carbocycles. The third-order valence-corrected chi connectivity index (χ3v) is 5.59. The first-order chi connectivity index (χ1) is 11.8. The highest BCUT2D eigenvalue weighted by atomic mass is 32.2. The van der Waals surface area contributed by atoms with Gasteiger partial charge in [0, 0.05) is 19.6 Å². The first-order valence-corrected chi connectivity index (χ1v) is 10.1. The number of carbonyl (C=O) groups is 1. The number of rotatable bonds is 8. The van der Waals surface area contributed by atoms with E-state index in [9.17, 15) is 13.2 Å². The molecule has 2 rings (SSSR count). The molecule has 1 fully saturated rings. The summed E-state index contributed by atoms with van der Waals surface area (Å²) >= 11 is 0. The molecule has 140 valence electrons. The van der Waals surface area contributed by atoms with E-state index in [1.165, 1.54) is 4.31 Å². The van der Waals surface area contributed by atoms with Gasteiger partial charge in [-0.25, -0.2) is 8.42 Å². The molecule has 0 atom stereocenters. The van der Waals surface area contributed by atoms with Crippen molar-refractivity contribution in [2.45, 2.75) is 19.3 Å². The molecule has 1 aliphatic heterocycles. The number of hydrogen-bond donors (Lipinski definition) is 0. The van der Waals surface area contributed by atoms with E-state index < -0.39 is 10.0 Å². The molecular weight excluding hydrogens is 344 g/mol. The van der Waals surface area contributed by atoms with Crippen LogP contribution < -0.4 is 9.47 Å². The fraction of sp³-hybridized carbons (Fsp3) is 0.588. The molecule has 0 aromatic heterocycles. The van der Waals surface area contributed by atoms with Gasteiger partial charge in [-0.1, -0.05) is 6.07 Å². The second-order valence-electron chi connectivity index (χ2n) is 6.12. The van der Waals surface area contributed by atoms with E-state index in [4.69, 9.17) is 9.47 Å². The van der Waals surface area contributed by atoms with Crippen molar-refractivity contribution < 1.29 is 22.7 Å². The van der Waals surface area contributed by atoms with Crippen LogP contribution in [0.4, 0.5) is 0 Å². The van der Waals surface area contributed by atoms with E-state index in [1.54, 1.807) is 25.2 Å². The lowest BCUT2D eigenvalue weighted by Crippen LogP contribution is -2.42. The van der Waals surface area contributed by atoms with Crippen LogP contribution in [0.5, 0.6) is 11.5 Å². The first-order valence-electron chi connectivity index (χ1n) is 8.29. The maximum Gasteiger partial charge on any atom is 0.237 e. The molecule has 1 aromatic rings. The number of ether oxygens (including phenoxy) is 2. The van der Waals surface area contributed by atoms with Crippen LogP contribution in [-0.2, 0) is 21.2 Å². The van der Waals surface area contributed by atoms with Gasteiger partial charge in [0.05, 0.1) is 27.0 Å². The Bertz CT molecular complexity index is 699. The number of nitrogens with zero attached hydrogens (tertiary/aromatic N) is 2. The summed E-state index contributed by atoms with van der Waals surface area (Å²) < 4.78 is 35.8. The van der Waals surface area contributed by atoms with Crippen LogP contribution in [0.15, 0.2) is 18.2 Å². The molecular formula is C17H26N2O5S. The van der Waals surface area contributed by atoms with Gasteiger partial charge in [-0.15, -0.1) is 0 Å². The number of carbonyl (C=O) groups excluding carboxylic acids is 1. The molecule has 7 nitrogen and oxygen atoms in total. The topological polar surface area (TPSA) is 76.2 Å². The van der Waals surface area contributed by atoms with Crippen molar-refractivity contribution in [3.8, 4) is 11.5 Å². The minimum Gasteiger partial charge on any atom is -0.493 e. The summed E-state index contributed by atoms with van der Waals surface area (Å²) in [5, 5.41) is 0. The fourth-order valence-corrected chi connectivity index (χ4v) is 3.64. The van der Waals surface area contributed by atoms with Gasteiger partial charge in [0.25, 0.3) is 0 Å². The van der Waals surface area contributed by atoms with E-state index in [0.29, 0.717) is 31.0 Å². The lowest BCUT2D eigenvalue weighted by molar-refractivity contribution is -0.130. The Morgan fingerprint density at radius 3 is 2.36 bits per heavy atom. The molecule has 1 aliphatic rings. The van der Waals surface area contributed by atoms with E-state index in [1.807, 2.05) is 12.1 Å². The van der Waals surface area contributed by atoms with Crippen molar-refractivity contribution in [2.24, 2.45) is 0 Å². The fourth-order valence-electron chi connectivity index (χ4n) is 2.87. The zero-order valence-electron chi connectivity index (χ0n) is 15.0. The second-order valence-corrected chi connectivity index (χ2v) is 8.11. The summed E-state index contributed by atoms with van der Waals surface area (Å²) in [6.07, 6.45) is 3.59. The van der Waals surface area contributed by atoms with Crippen LogP contribution in [0.2, 0.25) is 0 Å². The first kappa shape index (κ1) is 19.5. The zero-order valence-corrected chi connectivity index (χ0v) is 15.8. The van der Waals surface area contributed by atoms with Gasteiger partial charge in [-0.05, 0) is 37.0 Å². The summed E-state index contributed by atoms with van der Waals surface area (Å²) in [6, 6.07) is 5.47. The Labute approximate surface area is 149 Å². The third kappa shape index (κ3) is 5.34. The molecule has 0 spiro atoms. The molecule has 25 heavy (non-hydrogen) atoms. The van der Waals surface area contributed by atoms with Crippen molar-refractivity contribution in [1.82, 2.24) is 9.21 Å². The third-order valence-electron chi connectivity index (χ3n) is 4.34. The summed E-state index contributed by atoms with van der Waals surface area (Å²) in [5.74, 6) is 1.09. The van der Waals surface area contributed by atoms with Gasteiger partial charge in [0.2, 0.25) is 15.9 Å². The monoisotopic (exact) mass is 370 g/mol. The number of methoxy groups -OCH3 is 2. The summed E-state index contributed by atoms with van der Waals surface area (Å²) in [7, 11) is -0.341. The predicted molar refractivity (Wildman–Crippen MR) is 95.5 cm³/mol. The van der Waals surface area contributed by atoms with E-state index in [2.05, 4.69) is 0 Å². The van der Waals surface area contributed by atoms with Crippen molar-refractivity contribution >= 4 is 15.9 Å². The minimum atomic E-state index is -3.46. The van der Waals surface area contributed by atoms with Crippen LogP contribution >= 0.6 is 0 Å². The molecule has 0 unspecified atom stereocenters. The van der Waals surface area contributed by atoms with Gasteiger partial charge in [-0.2, -0.15) is 4.31 Å². The van der Waals surface area contributed by atoms with E-state index in [0.717, 1.165) is 24.7 Å². The minimum absolute atomic E-state index is 0.105. The van der Waals surface area contributed by atoms with Crippen LogP contribution in [0.1, 0.15) is 18.4 Å². The lowest BCUT2D eigenvalue weighted by Gasteiger charge is -2.23. The summed E-state index contributed by atoms with van der Waals surface area (Å²) in [6.45, 7) is 1.57. The van der Waals surface area contributed by atoms with Gasteiger partial charge >= 0.3 is 0 Å². The van der Waals surface area contributed by atoms with Crippen molar-refractivity contribution in [2.75, 3.05) is 46.7 Å².